The molecule has 3 heteroatoms. The van der Waals surface area contributed by atoms with E-state index in [2.05, 4.69) is 26.2 Å². The van der Waals surface area contributed by atoms with Crippen LogP contribution in [0.25, 0.3) is 0 Å². The Morgan fingerprint density at radius 2 is 1.89 bits per heavy atom. The summed E-state index contributed by atoms with van der Waals surface area (Å²) in [6.45, 7) is 7.45. The second kappa shape index (κ2) is 6.88. The summed E-state index contributed by atoms with van der Waals surface area (Å²) in [7, 11) is 2.07. The van der Waals surface area contributed by atoms with Crippen molar-refractivity contribution in [1.82, 2.24) is 5.32 Å². The van der Waals surface area contributed by atoms with Crippen LogP contribution in [0.4, 0.5) is 0 Å². The highest BCUT2D eigenvalue weighted by molar-refractivity contribution is 4.88. The van der Waals surface area contributed by atoms with Crippen molar-refractivity contribution >= 4 is 0 Å². The number of likely N-dealkylation sites (N-methyl/N-ethyl adjacent to an activating group) is 1. The van der Waals surface area contributed by atoms with Crippen LogP contribution in [0.1, 0.15) is 39.5 Å². The summed E-state index contributed by atoms with van der Waals surface area (Å²) in [6, 6.07) is 0.531. The minimum atomic E-state index is 0.397. The van der Waals surface area contributed by atoms with Crippen molar-refractivity contribution in [3.63, 3.8) is 0 Å². The maximum absolute atomic E-state index is 6.27. The van der Waals surface area contributed by atoms with Crippen LogP contribution < -0.4 is 5.32 Å². The summed E-state index contributed by atoms with van der Waals surface area (Å²) in [4.78, 5) is 0. The van der Waals surface area contributed by atoms with Crippen molar-refractivity contribution in [1.29, 1.82) is 0 Å². The molecule has 1 heterocycles. The summed E-state index contributed by atoms with van der Waals surface area (Å²) in [6.07, 6.45) is 5.29. The lowest BCUT2D eigenvalue weighted by Gasteiger charge is -2.40. The van der Waals surface area contributed by atoms with Gasteiger partial charge in [0.05, 0.1) is 12.7 Å². The Balaban J connectivity index is 1.81. The van der Waals surface area contributed by atoms with E-state index in [1.54, 1.807) is 0 Å². The van der Waals surface area contributed by atoms with Crippen molar-refractivity contribution in [2.45, 2.75) is 51.7 Å². The quantitative estimate of drug-likeness (QED) is 0.837. The minimum absolute atomic E-state index is 0.397. The normalized spacial score (nSPS) is 38.8. The van der Waals surface area contributed by atoms with E-state index < -0.39 is 0 Å². The molecule has 18 heavy (non-hydrogen) atoms. The molecule has 0 aromatic rings. The molecule has 2 fully saturated rings. The second-order valence-corrected chi connectivity index (χ2v) is 6.30. The lowest BCUT2D eigenvalue weighted by molar-refractivity contribution is -0.0638. The molecule has 1 aliphatic heterocycles. The molecule has 2 rings (SSSR count). The van der Waals surface area contributed by atoms with Crippen molar-refractivity contribution in [3.05, 3.63) is 0 Å². The zero-order chi connectivity index (χ0) is 13.0. The molecule has 106 valence electrons. The highest BCUT2D eigenvalue weighted by Crippen LogP contribution is 2.31. The van der Waals surface area contributed by atoms with Crippen LogP contribution in [0, 0.1) is 17.8 Å². The van der Waals surface area contributed by atoms with E-state index in [0.717, 1.165) is 25.7 Å². The molecule has 4 atom stereocenters. The van der Waals surface area contributed by atoms with Gasteiger partial charge in [-0.3, -0.25) is 0 Å². The predicted molar refractivity (Wildman–Crippen MR) is 73.7 cm³/mol. The molecule has 0 bridgehead atoms. The van der Waals surface area contributed by atoms with Gasteiger partial charge in [-0.25, -0.2) is 0 Å². The van der Waals surface area contributed by atoms with Gasteiger partial charge in [0.15, 0.2) is 0 Å². The maximum Gasteiger partial charge on any atom is 0.0753 e. The predicted octanol–water partition coefficient (Wildman–Crippen LogP) is 2.45. The van der Waals surface area contributed by atoms with E-state index in [4.69, 9.17) is 9.47 Å². The van der Waals surface area contributed by atoms with E-state index in [0.29, 0.717) is 24.0 Å². The van der Waals surface area contributed by atoms with Gasteiger partial charge >= 0.3 is 0 Å². The SMILES string of the molecule is CNC1CC(C)CC(C)C1OCC1CCOCC1. The summed E-state index contributed by atoms with van der Waals surface area (Å²) in [5, 5.41) is 3.45. The van der Waals surface area contributed by atoms with E-state index in [1.807, 2.05) is 0 Å². The van der Waals surface area contributed by atoms with Gasteiger partial charge in [-0.05, 0) is 50.5 Å². The Bertz CT molecular complexity index is 241. The first-order valence-electron chi connectivity index (χ1n) is 7.57. The zero-order valence-electron chi connectivity index (χ0n) is 12.2. The van der Waals surface area contributed by atoms with Crippen molar-refractivity contribution in [2.24, 2.45) is 17.8 Å². The van der Waals surface area contributed by atoms with Gasteiger partial charge in [0, 0.05) is 19.3 Å². The zero-order valence-corrected chi connectivity index (χ0v) is 12.2. The third-order valence-electron chi connectivity index (χ3n) is 4.62. The van der Waals surface area contributed by atoms with Crippen LogP contribution in [0.2, 0.25) is 0 Å². The molecule has 3 nitrogen and oxygen atoms in total. The fourth-order valence-corrected chi connectivity index (χ4v) is 3.55. The van der Waals surface area contributed by atoms with Gasteiger partial charge in [0.2, 0.25) is 0 Å². The molecule has 1 saturated heterocycles. The summed E-state index contributed by atoms with van der Waals surface area (Å²) < 4.78 is 11.7. The molecule has 0 amide bonds. The van der Waals surface area contributed by atoms with Gasteiger partial charge in [-0.15, -0.1) is 0 Å². The van der Waals surface area contributed by atoms with Gasteiger partial charge < -0.3 is 14.8 Å². The summed E-state index contributed by atoms with van der Waals surface area (Å²) in [5.41, 5.74) is 0. The first-order chi connectivity index (χ1) is 8.70. The van der Waals surface area contributed by atoms with Crippen molar-refractivity contribution in [3.8, 4) is 0 Å². The summed E-state index contributed by atoms with van der Waals surface area (Å²) >= 11 is 0. The van der Waals surface area contributed by atoms with E-state index in [9.17, 15) is 0 Å². The van der Waals surface area contributed by atoms with Gasteiger partial charge in [0.25, 0.3) is 0 Å². The Morgan fingerprint density at radius 3 is 2.56 bits per heavy atom. The minimum Gasteiger partial charge on any atom is -0.381 e. The van der Waals surface area contributed by atoms with Gasteiger partial charge in [-0.1, -0.05) is 13.8 Å². The summed E-state index contributed by atoms with van der Waals surface area (Å²) in [5.74, 6) is 2.20. The molecule has 4 unspecified atom stereocenters. The maximum atomic E-state index is 6.27. The molecular formula is C15H29NO2. The Hall–Kier alpha value is -0.120. The third kappa shape index (κ3) is 3.69. The van der Waals surface area contributed by atoms with Crippen LogP contribution in [0.5, 0.6) is 0 Å². The lowest BCUT2D eigenvalue weighted by Crippen LogP contribution is -2.48. The molecule has 1 aliphatic carbocycles. The average molecular weight is 255 g/mol. The fourth-order valence-electron chi connectivity index (χ4n) is 3.55. The van der Waals surface area contributed by atoms with E-state index in [1.165, 1.54) is 25.7 Å². The van der Waals surface area contributed by atoms with Crippen LogP contribution >= 0.6 is 0 Å². The van der Waals surface area contributed by atoms with Gasteiger partial charge in [-0.2, -0.15) is 0 Å². The standard InChI is InChI=1S/C15H29NO2/c1-11-8-12(2)15(14(9-11)16-3)18-10-13-4-6-17-7-5-13/h11-16H,4-10H2,1-3H3. The fraction of sp³-hybridized carbons (Fsp3) is 1.00. The molecule has 0 spiro atoms. The molecule has 0 radical (unpaired) electrons. The number of nitrogens with one attached hydrogen (secondary N) is 1. The van der Waals surface area contributed by atoms with Crippen LogP contribution in [-0.4, -0.2) is 39.0 Å². The molecule has 0 aromatic heterocycles. The second-order valence-electron chi connectivity index (χ2n) is 6.30. The van der Waals surface area contributed by atoms with E-state index >= 15 is 0 Å². The van der Waals surface area contributed by atoms with E-state index in [-0.39, 0.29) is 0 Å². The van der Waals surface area contributed by atoms with Crippen molar-refractivity contribution in [2.75, 3.05) is 26.9 Å². The van der Waals surface area contributed by atoms with Crippen molar-refractivity contribution < 1.29 is 9.47 Å². The van der Waals surface area contributed by atoms with Crippen LogP contribution in [0.3, 0.4) is 0 Å². The Labute approximate surface area is 112 Å². The third-order valence-corrected chi connectivity index (χ3v) is 4.62. The largest absolute Gasteiger partial charge is 0.381 e. The number of hydrogen-bond acceptors (Lipinski definition) is 3. The lowest BCUT2D eigenvalue weighted by atomic mass is 9.78. The topological polar surface area (TPSA) is 30.5 Å². The first kappa shape index (κ1) is 14.3. The Kier molecular flexibility index (Phi) is 5.46. The molecule has 0 aromatic carbocycles. The van der Waals surface area contributed by atoms with Crippen LogP contribution in [-0.2, 0) is 9.47 Å². The van der Waals surface area contributed by atoms with Gasteiger partial charge in [0.1, 0.15) is 0 Å². The highest BCUT2D eigenvalue weighted by Gasteiger charge is 2.34. The van der Waals surface area contributed by atoms with Crippen LogP contribution in [0.15, 0.2) is 0 Å². The number of ether oxygens (including phenoxy) is 2. The molecule has 1 saturated carbocycles. The smallest absolute Gasteiger partial charge is 0.0753 e. The Morgan fingerprint density at radius 1 is 1.17 bits per heavy atom. The molecule has 2 aliphatic rings. The highest BCUT2D eigenvalue weighted by atomic mass is 16.5. The first-order valence-corrected chi connectivity index (χ1v) is 7.57. The monoisotopic (exact) mass is 255 g/mol. The number of hydrogen-bond donors (Lipinski definition) is 1. The number of rotatable bonds is 4. The molecular weight excluding hydrogens is 226 g/mol. The molecule has 1 N–H and O–H groups in total. The average Bonchev–Trinajstić information content (AvgIpc) is 2.38.